The van der Waals surface area contributed by atoms with Crippen LogP contribution in [-0.4, -0.2) is 104 Å². The molecule has 0 unspecified atom stereocenters. The van der Waals surface area contributed by atoms with Crippen molar-refractivity contribution in [3.63, 3.8) is 0 Å². The molecule has 2 heterocycles. The Morgan fingerprint density at radius 3 is 1.17 bits per heavy atom. The van der Waals surface area contributed by atoms with Crippen molar-refractivity contribution in [2.75, 3.05) is 0 Å². The minimum atomic E-state index is -1.75. The maximum atomic E-state index is 14.4. The number of benzene rings is 4. The zero-order valence-corrected chi connectivity index (χ0v) is 41.3. The van der Waals surface area contributed by atoms with E-state index in [9.17, 15) is 39.0 Å². The predicted molar refractivity (Wildman–Crippen MR) is 272 cm³/mol. The van der Waals surface area contributed by atoms with Crippen LogP contribution in [0, 0.1) is 11.8 Å². The van der Waals surface area contributed by atoms with Gasteiger partial charge in [-0.2, -0.15) is 0 Å². The average molecular weight is 987 g/mol. The van der Waals surface area contributed by atoms with Gasteiger partial charge in [0.1, 0.15) is 49.6 Å². The van der Waals surface area contributed by atoms with Crippen LogP contribution in [0.1, 0.15) is 63.8 Å². The molecule has 6 amide bonds. The maximum Gasteiger partial charge on any atom is 0.408 e. The molecular formula is C54H66N8O10. The first kappa shape index (κ1) is 53.6. The van der Waals surface area contributed by atoms with Crippen LogP contribution in [0.15, 0.2) is 122 Å². The molecule has 72 heavy (non-hydrogen) atoms. The van der Waals surface area contributed by atoms with Crippen LogP contribution in [0.3, 0.4) is 0 Å². The van der Waals surface area contributed by atoms with Crippen LogP contribution < -0.4 is 31.9 Å². The molecule has 0 saturated carbocycles. The lowest BCUT2D eigenvalue weighted by Gasteiger charge is -2.35. The smallest absolute Gasteiger partial charge is 0.408 e. The van der Waals surface area contributed by atoms with Crippen LogP contribution in [0.2, 0.25) is 0 Å². The molecule has 0 aliphatic heterocycles. The summed E-state index contributed by atoms with van der Waals surface area (Å²) in [6.07, 6.45) is -1.68. The Balaban J connectivity index is 1.21. The fourth-order valence-electron chi connectivity index (χ4n) is 8.25. The predicted octanol–water partition coefficient (Wildman–Crippen LogP) is 5.04. The van der Waals surface area contributed by atoms with Crippen LogP contribution in [0.5, 0.6) is 0 Å². The number of rotatable bonds is 23. The Bertz CT molecular complexity index is 2570. The Morgan fingerprint density at radius 2 is 0.806 bits per heavy atom. The van der Waals surface area contributed by atoms with Crippen molar-refractivity contribution in [1.29, 1.82) is 0 Å². The second-order valence-corrected chi connectivity index (χ2v) is 18.7. The number of nitrogens with one attached hydrogen (secondary N) is 8. The Kier molecular flexibility index (Phi) is 18.9. The van der Waals surface area contributed by atoms with Crippen LogP contribution in [-0.2, 0) is 54.7 Å². The Hall–Kier alpha value is -7.70. The quantitative estimate of drug-likeness (QED) is 0.0409. The van der Waals surface area contributed by atoms with Crippen molar-refractivity contribution in [3.8, 4) is 0 Å². The zero-order chi connectivity index (χ0) is 51.9. The summed E-state index contributed by atoms with van der Waals surface area (Å²) in [5.41, 5.74) is 4.50. The van der Waals surface area contributed by atoms with Gasteiger partial charge in [0, 0.05) is 34.2 Å². The molecule has 0 fully saturated rings. The Morgan fingerprint density at radius 1 is 0.458 bits per heavy atom. The number of carbonyl (C=O) groups is 6. The summed E-state index contributed by atoms with van der Waals surface area (Å²) in [5, 5.41) is 42.7. The number of aliphatic hydroxyl groups is 2. The molecule has 6 aromatic rings. The number of aromatic amines is 2. The molecule has 382 valence electrons. The van der Waals surface area contributed by atoms with Gasteiger partial charge in [0.2, 0.25) is 23.6 Å². The summed E-state index contributed by atoms with van der Waals surface area (Å²) in [7, 11) is 0. The van der Waals surface area contributed by atoms with E-state index in [1.54, 1.807) is 88.6 Å². The molecular weight excluding hydrogens is 921 g/mol. The van der Waals surface area contributed by atoms with E-state index in [1.165, 1.54) is 13.8 Å². The van der Waals surface area contributed by atoms with Crippen molar-refractivity contribution in [3.05, 3.63) is 144 Å². The van der Waals surface area contributed by atoms with E-state index in [0.29, 0.717) is 11.1 Å². The van der Waals surface area contributed by atoms with Gasteiger partial charge in [-0.05, 0) is 72.9 Å². The summed E-state index contributed by atoms with van der Waals surface area (Å²) in [4.78, 5) is 87.5. The van der Waals surface area contributed by atoms with Gasteiger partial charge in [-0.1, -0.05) is 125 Å². The monoisotopic (exact) mass is 986 g/mol. The van der Waals surface area contributed by atoms with E-state index in [-0.39, 0.29) is 26.1 Å². The number of hydrogen-bond donors (Lipinski definition) is 10. The Labute approximate surface area is 418 Å². The number of amides is 6. The normalized spacial score (nSPS) is 14.8. The van der Waals surface area contributed by atoms with E-state index in [1.807, 2.05) is 60.7 Å². The van der Waals surface area contributed by atoms with E-state index in [4.69, 9.17) is 9.47 Å². The fraction of sp³-hybridized carbons (Fsp3) is 0.370. The highest BCUT2D eigenvalue weighted by Crippen LogP contribution is 2.24. The van der Waals surface area contributed by atoms with Gasteiger partial charge in [0.25, 0.3) is 0 Å². The SMILES string of the molecule is CC(C)[C@H](NC(=O)[C@H](C)NC(=O)OCc1ccccc1)C(=O)N[C@@H](Cc1c[nH]c2ccccc12)[C@@H](O)[C@H](O)[C@@H](Cc1c[nH]c2ccccc12)NC(=O)[C@@H](NC(=O)[C@H](C)NC(=O)OCc1ccccc1)C(C)C. The number of ether oxygens (including phenoxy) is 2. The molecule has 2 aromatic heterocycles. The van der Waals surface area contributed by atoms with Crippen molar-refractivity contribution in [1.82, 2.24) is 41.9 Å². The molecule has 0 aliphatic rings. The van der Waals surface area contributed by atoms with Crippen molar-refractivity contribution in [2.24, 2.45) is 11.8 Å². The third-order valence-corrected chi connectivity index (χ3v) is 12.4. The molecule has 0 aliphatic carbocycles. The number of carbonyl (C=O) groups excluding carboxylic acids is 6. The summed E-state index contributed by atoms with van der Waals surface area (Å²) >= 11 is 0. The lowest BCUT2D eigenvalue weighted by atomic mass is 9.90. The standard InChI is InChI=1S/C54H66N8O10/c1-31(2)45(61-49(65)33(5)57-53(69)71-29-35-17-9-7-10-18-35)51(67)59-43(25-37-27-55-41-23-15-13-21-39(37)41)47(63)48(64)44(26-38-28-56-42-24-16-14-22-40(38)42)60-52(68)46(32(3)4)62-50(66)34(6)58-54(70)72-30-36-19-11-8-12-20-36/h7-24,27-28,31-34,43-48,55-56,63-64H,25-26,29-30H2,1-6H3,(H,57,69)(H,58,70)(H,59,67)(H,60,68)(H,61,65)(H,62,66)/t33-,34-,43-,44+,45-,46-,47+,48+/m0/s1. The largest absolute Gasteiger partial charge is 0.445 e. The molecule has 6 rings (SSSR count). The van der Waals surface area contributed by atoms with Crippen molar-refractivity contribution in [2.45, 2.75) is 116 Å². The van der Waals surface area contributed by atoms with Gasteiger partial charge in [0.15, 0.2) is 0 Å². The van der Waals surface area contributed by atoms with Gasteiger partial charge in [-0.15, -0.1) is 0 Å². The minimum absolute atomic E-state index is 0.00491. The number of hydrogen-bond acceptors (Lipinski definition) is 10. The maximum absolute atomic E-state index is 14.4. The van der Waals surface area contributed by atoms with Crippen molar-refractivity contribution < 1.29 is 48.5 Å². The highest BCUT2D eigenvalue weighted by Gasteiger charge is 2.39. The topological polar surface area (TPSA) is 265 Å². The lowest BCUT2D eigenvalue weighted by Crippen LogP contribution is -2.62. The lowest BCUT2D eigenvalue weighted by molar-refractivity contribution is -0.133. The van der Waals surface area contributed by atoms with E-state index in [0.717, 1.165) is 32.9 Å². The molecule has 10 N–H and O–H groups in total. The third-order valence-electron chi connectivity index (χ3n) is 12.4. The number of fused-ring (bicyclic) bond motifs is 2. The molecule has 0 spiro atoms. The fourth-order valence-corrected chi connectivity index (χ4v) is 8.25. The highest BCUT2D eigenvalue weighted by molar-refractivity contribution is 5.93. The second kappa shape index (κ2) is 25.4. The van der Waals surface area contributed by atoms with E-state index >= 15 is 0 Å². The second-order valence-electron chi connectivity index (χ2n) is 18.7. The van der Waals surface area contributed by atoms with E-state index in [2.05, 4.69) is 41.9 Å². The number of aliphatic hydroxyl groups excluding tert-OH is 2. The third kappa shape index (κ3) is 14.7. The zero-order valence-electron chi connectivity index (χ0n) is 41.3. The van der Waals surface area contributed by atoms with Gasteiger partial charge in [-0.25, -0.2) is 9.59 Å². The number of H-pyrrole nitrogens is 2. The molecule has 18 nitrogen and oxygen atoms in total. The molecule has 0 bridgehead atoms. The summed E-state index contributed by atoms with van der Waals surface area (Å²) < 4.78 is 10.6. The molecule has 0 saturated heterocycles. The van der Waals surface area contributed by atoms with Crippen LogP contribution >= 0.6 is 0 Å². The number of aromatic nitrogens is 2. The van der Waals surface area contributed by atoms with Gasteiger partial charge >= 0.3 is 12.2 Å². The summed E-state index contributed by atoms with van der Waals surface area (Å²) in [5.74, 6) is -3.68. The molecule has 18 heteroatoms. The van der Waals surface area contributed by atoms with Gasteiger partial charge in [0.05, 0.1) is 12.1 Å². The molecule has 8 atom stereocenters. The van der Waals surface area contributed by atoms with Crippen molar-refractivity contribution >= 4 is 57.6 Å². The molecule has 4 aromatic carbocycles. The average Bonchev–Trinajstić information content (AvgIpc) is 3.98. The number of para-hydroxylation sites is 2. The number of alkyl carbamates (subject to hydrolysis) is 2. The first-order chi connectivity index (χ1) is 34.5. The highest BCUT2D eigenvalue weighted by atomic mass is 16.6. The van der Waals surface area contributed by atoms with Gasteiger partial charge < -0.3 is 61.6 Å². The summed E-state index contributed by atoms with van der Waals surface area (Å²) in [6, 6.07) is 26.0. The van der Waals surface area contributed by atoms with Crippen LogP contribution in [0.25, 0.3) is 21.8 Å². The summed E-state index contributed by atoms with van der Waals surface area (Å²) in [6.45, 7) is 9.77. The van der Waals surface area contributed by atoms with Crippen LogP contribution in [0.4, 0.5) is 9.59 Å². The first-order valence-electron chi connectivity index (χ1n) is 24.1. The first-order valence-corrected chi connectivity index (χ1v) is 24.1. The van der Waals surface area contributed by atoms with E-state index < -0.39 is 96.1 Å². The molecule has 0 radical (unpaired) electrons. The minimum Gasteiger partial charge on any atom is -0.445 e. The van der Waals surface area contributed by atoms with Gasteiger partial charge in [-0.3, -0.25) is 19.2 Å².